The molecule has 0 radical (unpaired) electrons. The Labute approximate surface area is 126 Å². The summed E-state index contributed by atoms with van der Waals surface area (Å²) in [6, 6.07) is 8.42. The maximum atomic E-state index is 9.27. The Kier molecular flexibility index (Phi) is 7.08. The van der Waals surface area contributed by atoms with E-state index < -0.39 is 0 Å². The van der Waals surface area contributed by atoms with Crippen molar-refractivity contribution in [2.45, 2.75) is 44.2 Å². The molecular formula is C16H24N2OS. The molecule has 0 unspecified atom stereocenters. The highest BCUT2D eigenvalue weighted by Gasteiger charge is 2.10. The van der Waals surface area contributed by atoms with Crippen molar-refractivity contribution < 1.29 is 4.74 Å². The first-order valence-electron chi connectivity index (χ1n) is 6.86. The Morgan fingerprint density at radius 1 is 1.35 bits per heavy atom. The zero-order valence-electron chi connectivity index (χ0n) is 12.8. The van der Waals surface area contributed by atoms with Crippen molar-refractivity contribution >= 4 is 11.8 Å². The van der Waals surface area contributed by atoms with E-state index in [2.05, 4.69) is 44.3 Å². The summed E-state index contributed by atoms with van der Waals surface area (Å²) in [4.78, 5) is 1.06. The third-order valence-corrected chi connectivity index (χ3v) is 3.90. The fourth-order valence-electron chi connectivity index (χ4n) is 1.65. The van der Waals surface area contributed by atoms with Crippen molar-refractivity contribution in [3.05, 3.63) is 29.3 Å². The van der Waals surface area contributed by atoms with Gasteiger partial charge in [0.25, 0.3) is 0 Å². The summed E-state index contributed by atoms with van der Waals surface area (Å²) in [7, 11) is 1.71. The Bertz CT molecular complexity index is 461. The number of nitrogens with zero attached hydrogens (tertiary/aromatic N) is 1. The molecule has 110 valence electrons. The Balaban J connectivity index is 2.63. The van der Waals surface area contributed by atoms with Crippen molar-refractivity contribution in [2.24, 2.45) is 0 Å². The number of nitriles is 1. The van der Waals surface area contributed by atoms with E-state index in [1.54, 1.807) is 18.9 Å². The van der Waals surface area contributed by atoms with Crippen LogP contribution in [0.15, 0.2) is 23.1 Å². The van der Waals surface area contributed by atoms with E-state index in [9.17, 15) is 5.26 Å². The average molecular weight is 292 g/mol. The number of ether oxygens (including phenoxy) is 1. The lowest BCUT2D eigenvalue weighted by Crippen LogP contribution is -2.35. The highest BCUT2D eigenvalue weighted by Crippen LogP contribution is 2.24. The van der Waals surface area contributed by atoms with E-state index in [1.807, 2.05) is 6.07 Å². The van der Waals surface area contributed by atoms with Crippen molar-refractivity contribution in [3.8, 4) is 6.07 Å². The van der Waals surface area contributed by atoms with Crippen LogP contribution in [0, 0.1) is 11.3 Å². The smallest absolute Gasteiger partial charge is 0.100 e. The van der Waals surface area contributed by atoms with E-state index in [-0.39, 0.29) is 5.54 Å². The fourth-order valence-corrected chi connectivity index (χ4v) is 2.56. The predicted molar refractivity (Wildman–Crippen MR) is 85.0 cm³/mol. The van der Waals surface area contributed by atoms with E-state index in [4.69, 9.17) is 4.74 Å². The molecule has 1 rings (SSSR count). The molecule has 0 aliphatic heterocycles. The van der Waals surface area contributed by atoms with Gasteiger partial charge in [-0.2, -0.15) is 5.26 Å². The number of rotatable bonds is 7. The molecule has 0 aliphatic carbocycles. The molecule has 0 amide bonds. The van der Waals surface area contributed by atoms with E-state index in [1.165, 1.54) is 0 Å². The normalized spacial score (nSPS) is 11.3. The van der Waals surface area contributed by atoms with Gasteiger partial charge in [0.15, 0.2) is 0 Å². The largest absolute Gasteiger partial charge is 0.385 e. The molecule has 0 saturated carbocycles. The molecule has 0 aliphatic rings. The van der Waals surface area contributed by atoms with Gasteiger partial charge in [-0.05, 0) is 44.9 Å². The highest BCUT2D eigenvalue weighted by molar-refractivity contribution is 7.99. The molecule has 0 bridgehead atoms. The molecule has 1 N–H and O–H groups in total. The quantitative estimate of drug-likeness (QED) is 0.616. The average Bonchev–Trinajstić information content (AvgIpc) is 2.41. The molecule has 0 fully saturated rings. The summed E-state index contributed by atoms with van der Waals surface area (Å²) in [5, 5.41) is 12.7. The monoisotopic (exact) mass is 292 g/mol. The molecule has 0 aromatic heterocycles. The van der Waals surface area contributed by atoms with Crippen LogP contribution in [0.5, 0.6) is 0 Å². The van der Waals surface area contributed by atoms with Gasteiger partial charge in [0.05, 0.1) is 5.56 Å². The van der Waals surface area contributed by atoms with Crippen LogP contribution in [0.2, 0.25) is 0 Å². The zero-order valence-corrected chi connectivity index (χ0v) is 13.6. The summed E-state index contributed by atoms with van der Waals surface area (Å²) >= 11 is 1.72. The first-order chi connectivity index (χ1) is 9.46. The van der Waals surface area contributed by atoms with Crippen LogP contribution in [0.3, 0.4) is 0 Å². The van der Waals surface area contributed by atoms with Gasteiger partial charge in [-0.3, -0.25) is 0 Å². The second kappa shape index (κ2) is 8.31. The summed E-state index contributed by atoms with van der Waals surface area (Å²) < 4.78 is 5.03. The Morgan fingerprint density at radius 3 is 2.70 bits per heavy atom. The number of methoxy groups -OCH3 is 1. The number of benzene rings is 1. The molecule has 0 heterocycles. The molecule has 0 spiro atoms. The third-order valence-electron chi connectivity index (χ3n) is 2.74. The Morgan fingerprint density at radius 2 is 2.10 bits per heavy atom. The highest BCUT2D eigenvalue weighted by atomic mass is 32.2. The third kappa shape index (κ3) is 6.42. The van der Waals surface area contributed by atoms with Gasteiger partial charge in [0.2, 0.25) is 0 Å². The molecule has 3 nitrogen and oxygen atoms in total. The van der Waals surface area contributed by atoms with Crippen molar-refractivity contribution in [1.29, 1.82) is 5.26 Å². The van der Waals surface area contributed by atoms with Gasteiger partial charge in [0, 0.05) is 36.4 Å². The Hall–Kier alpha value is -1.02. The van der Waals surface area contributed by atoms with Crippen LogP contribution in [0.4, 0.5) is 0 Å². The van der Waals surface area contributed by atoms with Crippen LogP contribution in [-0.4, -0.2) is 25.0 Å². The standard InChI is InChI=1S/C16H24N2OS/c1-16(2,3)18-12-13-6-7-15(14(10-13)11-17)20-9-5-8-19-4/h6-7,10,18H,5,8-9,12H2,1-4H3. The number of hydrogen-bond donors (Lipinski definition) is 1. The minimum atomic E-state index is 0.0837. The van der Waals surface area contributed by atoms with E-state index >= 15 is 0 Å². The minimum absolute atomic E-state index is 0.0837. The maximum Gasteiger partial charge on any atom is 0.100 e. The van der Waals surface area contributed by atoms with Crippen molar-refractivity contribution in [3.63, 3.8) is 0 Å². The molecular weight excluding hydrogens is 268 g/mol. The van der Waals surface area contributed by atoms with E-state index in [0.717, 1.165) is 41.3 Å². The molecule has 1 aromatic carbocycles. The molecule has 0 atom stereocenters. The molecule has 4 heteroatoms. The molecule has 20 heavy (non-hydrogen) atoms. The van der Waals surface area contributed by atoms with Crippen molar-refractivity contribution in [2.75, 3.05) is 19.5 Å². The summed E-state index contributed by atoms with van der Waals surface area (Å²) in [5.41, 5.74) is 2.00. The second-order valence-corrected chi connectivity index (χ2v) is 6.88. The predicted octanol–water partition coefficient (Wildman–Crippen LogP) is 3.57. The summed E-state index contributed by atoms with van der Waals surface area (Å²) in [6.45, 7) is 7.96. The first-order valence-corrected chi connectivity index (χ1v) is 7.84. The van der Waals surface area contributed by atoms with Gasteiger partial charge in [0.1, 0.15) is 6.07 Å². The van der Waals surface area contributed by atoms with Gasteiger partial charge in [-0.1, -0.05) is 6.07 Å². The van der Waals surface area contributed by atoms with Gasteiger partial charge < -0.3 is 10.1 Å². The van der Waals surface area contributed by atoms with Crippen molar-refractivity contribution in [1.82, 2.24) is 5.32 Å². The minimum Gasteiger partial charge on any atom is -0.385 e. The van der Waals surface area contributed by atoms with Gasteiger partial charge >= 0.3 is 0 Å². The second-order valence-electron chi connectivity index (χ2n) is 5.74. The number of nitrogens with one attached hydrogen (secondary N) is 1. The number of thioether (sulfide) groups is 1. The van der Waals surface area contributed by atoms with Crippen LogP contribution in [0.1, 0.15) is 38.3 Å². The zero-order chi connectivity index (χ0) is 15.0. The topological polar surface area (TPSA) is 45.0 Å². The lowest BCUT2D eigenvalue weighted by Gasteiger charge is -2.20. The maximum absolute atomic E-state index is 9.27. The fraction of sp³-hybridized carbons (Fsp3) is 0.562. The van der Waals surface area contributed by atoms with Gasteiger partial charge in [-0.25, -0.2) is 0 Å². The van der Waals surface area contributed by atoms with Crippen LogP contribution in [0.25, 0.3) is 0 Å². The molecule has 0 saturated heterocycles. The van der Waals surface area contributed by atoms with E-state index in [0.29, 0.717) is 0 Å². The van der Waals surface area contributed by atoms with Crippen LogP contribution in [-0.2, 0) is 11.3 Å². The lowest BCUT2D eigenvalue weighted by atomic mass is 10.1. The van der Waals surface area contributed by atoms with Crippen LogP contribution < -0.4 is 5.32 Å². The molecule has 1 aromatic rings. The SMILES string of the molecule is COCCCSc1ccc(CNC(C)(C)C)cc1C#N. The number of hydrogen-bond acceptors (Lipinski definition) is 4. The van der Waals surface area contributed by atoms with Gasteiger partial charge in [-0.15, -0.1) is 11.8 Å². The summed E-state index contributed by atoms with van der Waals surface area (Å²) in [6.07, 6.45) is 0.999. The summed E-state index contributed by atoms with van der Waals surface area (Å²) in [5.74, 6) is 0.974. The van der Waals surface area contributed by atoms with Crippen LogP contribution >= 0.6 is 11.8 Å². The first kappa shape index (κ1) is 17.0. The lowest BCUT2D eigenvalue weighted by molar-refractivity contribution is 0.200.